The molecule has 1 saturated heterocycles. The summed E-state index contributed by atoms with van der Waals surface area (Å²) in [6, 6.07) is 8.86. The van der Waals surface area contributed by atoms with Crippen molar-refractivity contribution in [2.45, 2.75) is 31.8 Å². The van der Waals surface area contributed by atoms with Gasteiger partial charge in [0.2, 0.25) is 5.95 Å². The molecule has 0 radical (unpaired) electrons. The van der Waals surface area contributed by atoms with E-state index in [1.165, 1.54) is 5.52 Å². The number of piperidine rings is 1. The van der Waals surface area contributed by atoms with Crippen LogP contribution in [0, 0.1) is 0 Å². The number of aromatic nitrogens is 2. The van der Waals surface area contributed by atoms with Gasteiger partial charge in [-0.05, 0) is 44.5 Å². The van der Waals surface area contributed by atoms with Crippen molar-refractivity contribution in [3.05, 3.63) is 24.3 Å². The summed E-state index contributed by atoms with van der Waals surface area (Å²) in [5, 5.41) is 7.04. The molecule has 0 bridgehead atoms. The van der Waals surface area contributed by atoms with Gasteiger partial charge in [-0.1, -0.05) is 12.1 Å². The maximum absolute atomic E-state index is 5.18. The van der Waals surface area contributed by atoms with E-state index in [2.05, 4.69) is 33.4 Å². The summed E-state index contributed by atoms with van der Waals surface area (Å²) in [5.74, 6) is 0.999. The molecule has 1 aliphatic rings. The molecule has 2 N–H and O–H groups in total. The molecular weight excluding hydrogens is 264 g/mol. The number of hydrogen-bond donors (Lipinski definition) is 2. The van der Waals surface area contributed by atoms with Gasteiger partial charge in [-0.2, -0.15) is 0 Å². The lowest BCUT2D eigenvalue weighted by molar-refractivity contribution is 0.191. The molecule has 2 heterocycles. The van der Waals surface area contributed by atoms with Crippen molar-refractivity contribution in [3.63, 3.8) is 0 Å². The Morgan fingerprint density at radius 1 is 1.33 bits per heavy atom. The van der Waals surface area contributed by atoms with Crippen molar-refractivity contribution in [2.24, 2.45) is 0 Å². The van der Waals surface area contributed by atoms with E-state index >= 15 is 0 Å². The van der Waals surface area contributed by atoms with Crippen LogP contribution in [0.2, 0.25) is 0 Å². The van der Waals surface area contributed by atoms with E-state index in [0.29, 0.717) is 6.04 Å². The molecule has 5 heteroatoms. The average Bonchev–Trinajstić information content (AvgIpc) is 2.86. The van der Waals surface area contributed by atoms with Crippen LogP contribution in [-0.2, 0) is 11.3 Å². The van der Waals surface area contributed by atoms with Crippen molar-refractivity contribution in [3.8, 4) is 0 Å². The summed E-state index contributed by atoms with van der Waals surface area (Å²) in [6.07, 6.45) is 3.31. The molecule has 0 saturated carbocycles. The van der Waals surface area contributed by atoms with Crippen LogP contribution in [0.4, 0.5) is 5.95 Å². The summed E-state index contributed by atoms with van der Waals surface area (Å²) in [7, 11) is 1.75. The molecule has 1 aromatic heterocycles. The third-order valence-electron chi connectivity index (χ3n) is 4.06. The Labute approximate surface area is 125 Å². The predicted octanol–water partition coefficient (Wildman–Crippen LogP) is 2.24. The number of benzene rings is 1. The predicted molar refractivity (Wildman–Crippen MR) is 85.7 cm³/mol. The summed E-state index contributed by atoms with van der Waals surface area (Å²) in [4.78, 5) is 4.78. The van der Waals surface area contributed by atoms with Crippen molar-refractivity contribution in [1.29, 1.82) is 0 Å². The zero-order valence-corrected chi connectivity index (χ0v) is 12.6. The quantitative estimate of drug-likeness (QED) is 0.800. The number of rotatable bonds is 6. The van der Waals surface area contributed by atoms with Crippen molar-refractivity contribution in [2.75, 3.05) is 32.1 Å². The fourth-order valence-corrected chi connectivity index (χ4v) is 2.93. The molecule has 1 fully saturated rings. The highest BCUT2D eigenvalue weighted by Gasteiger charge is 2.17. The van der Waals surface area contributed by atoms with Gasteiger partial charge in [0.15, 0.2) is 0 Å². The van der Waals surface area contributed by atoms with E-state index in [4.69, 9.17) is 9.72 Å². The zero-order valence-electron chi connectivity index (χ0n) is 12.6. The highest BCUT2D eigenvalue weighted by molar-refractivity contribution is 5.78. The molecule has 1 aromatic carbocycles. The molecule has 0 aliphatic carbocycles. The minimum atomic E-state index is 0.518. The Morgan fingerprint density at radius 2 is 2.14 bits per heavy atom. The monoisotopic (exact) mass is 288 g/mol. The number of para-hydroxylation sites is 2. The highest BCUT2D eigenvalue weighted by Crippen LogP contribution is 2.22. The molecule has 0 amide bonds. The molecule has 0 atom stereocenters. The number of imidazole rings is 1. The first kappa shape index (κ1) is 14.4. The van der Waals surface area contributed by atoms with Crippen LogP contribution in [0.1, 0.15) is 19.3 Å². The standard InChI is InChI=1S/C16H24N4O/c1-21-12-4-11-20-15-6-3-2-5-14(15)19-16(20)18-13-7-9-17-10-8-13/h2-3,5-6,13,17H,4,7-12H2,1H3,(H,18,19). The number of fused-ring (bicyclic) bond motifs is 1. The fourth-order valence-electron chi connectivity index (χ4n) is 2.93. The number of aryl methyl sites for hydroxylation is 1. The Morgan fingerprint density at radius 3 is 2.95 bits per heavy atom. The SMILES string of the molecule is COCCCn1c(NC2CCNCC2)nc2ccccc21. The Kier molecular flexibility index (Phi) is 4.72. The number of methoxy groups -OCH3 is 1. The molecule has 114 valence electrons. The zero-order chi connectivity index (χ0) is 14.5. The van der Waals surface area contributed by atoms with E-state index in [-0.39, 0.29) is 0 Å². The van der Waals surface area contributed by atoms with E-state index in [1.54, 1.807) is 7.11 Å². The second-order valence-electron chi connectivity index (χ2n) is 5.59. The van der Waals surface area contributed by atoms with E-state index in [1.807, 2.05) is 6.07 Å². The molecule has 1 aliphatic heterocycles. The first-order valence-corrected chi connectivity index (χ1v) is 7.80. The van der Waals surface area contributed by atoms with Crippen molar-refractivity contribution >= 4 is 17.0 Å². The molecule has 0 unspecified atom stereocenters. The molecule has 5 nitrogen and oxygen atoms in total. The number of hydrogen-bond acceptors (Lipinski definition) is 4. The first-order valence-electron chi connectivity index (χ1n) is 7.80. The van der Waals surface area contributed by atoms with E-state index in [9.17, 15) is 0 Å². The third-order valence-corrected chi connectivity index (χ3v) is 4.06. The summed E-state index contributed by atoms with van der Waals surface area (Å²) in [5.41, 5.74) is 2.26. The van der Waals surface area contributed by atoms with Crippen LogP contribution in [0.3, 0.4) is 0 Å². The third kappa shape index (κ3) is 3.36. The number of nitrogens with zero attached hydrogens (tertiary/aromatic N) is 2. The maximum atomic E-state index is 5.18. The van der Waals surface area contributed by atoms with Gasteiger partial charge in [-0.15, -0.1) is 0 Å². The van der Waals surface area contributed by atoms with Gasteiger partial charge < -0.3 is 19.9 Å². The van der Waals surface area contributed by atoms with Gasteiger partial charge in [0.05, 0.1) is 11.0 Å². The lowest BCUT2D eigenvalue weighted by Crippen LogP contribution is -2.36. The number of ether oxygens (including phenoxy) is 1. The van der Waals surface area contributed by atoms with Crippen LogP contribution in [-0.4, -0.2) is 42.4 Å². The second kappa shape index (κ2) is 6.91. The molecule has 0 spiro atoms. The lowest BCUT2D eigenvalue weighted by atomic mass is 10.1. The first-order chi connectivity index (χ1) is 10.4. The fraction of sp³-hybridized carbons (Fsp3) is 0.562. The van der Waals surface area contributed by atoms with Gasteiger partial charge in [0.1, 0.15) is 0 Å². The number of anilines is 1. The minimum Gasteiger partial charge on any atom is -0.385 e. The van der Waals surface area contributed by atoms with Crippen LogP contribution in [0.25, 0.3) is 11.0 Å². The van der Waals surface area contributed by atoms with Crippen LogP contribution < -0.4 is 10.6 Å². The van der Waals surface area contributed by atoms with Crippen LogP contribution in [0.5, 0.6) is 0 Å². The van der Waals surface area contributed by atoms with Gasteiger partial charge in [-0.3, -0.25) is 0 Å². The second-order valence-corrected chi connectivity index (χ2v) is 5.59. The van der Waals surface area contributed by atoms with Crippen molar-refractivity contribution in [1.82, 2.24) is 14.9 Å². The molecule has 3 rings (SSSR count). The minimum absolute atomic E-state index is 0.518. The maximum Gasteiger partial charge on any atom is 0.204 e. The van der Waals surface area contributed by atoms with Gasteiger partial charge in [0, 0.05) is 26.3 Å². The van der Waals surface area contributed by atoms with Crippen LogP contribution >= 0.6 is 0 Å². The summed E-state index contributed by atoms with van der Waals surface area (Å²) in [6.45, 7) is 3.88. The smallest absolute Gasteiger partial charge is 0.204 e. The van der Waals surface area contributed by atoms with Crippen molar-refractivity contribution < 1.29 is 4.74 Å². The molecule has 21 heavy (non-hydrogen) atoms. The lowest BCUT2D eigenvalue weighted by Gasteiger charge is -2.24. The summed E-state index contributed by atoms with van der Waals surface area (Å²) < 4.78 is 7.47. The Hall–Kier alpha value is -1.59. The van der Waals surface area contributed by atoms with Crippen LogP contribution in [0.15, 0.2) is 24.3 Å². The van der Waals surface area contributed by atoms with Gasteiger partial charge in [-0.25, -0.2) is 4.98 Å². The Balaban J connectivity index is 1.82. The summed E-state index contributed by atoms with van der Waals surface area (Å²) >= 11 is 0. The highest BCUT2D eigenvalue weighted by atomic mass is 16.5. The van der Waals surface area contributed by atoms with E-state index < -0.39 is 0 Å². The van der Waals surface area contributed by atoms with Gasteiger partial charge >= 0.3 is 0 Å². The largest absolute Gasteiger partial charge is 0.385 e. The topological polar surface area (TPSA) is 51.1 Å². The van der Waals surface area contributed by atoms with E-state index in [0.717, 1.165) is 57.0 Å². The Bertz CT molecular complexity index is 575. The molecule has 2 aromatic rings. The van der Waals surface area contributed by atoms with Gasteiger partial charge in [0.25, 0.3) is 0 Å². The normalized spacial score (nSPS) is 16.4. The average molecular weight is 288 g/mol. The number of nitrogens with one attached hydrogen (secondary N) is 2. The molecular formula is C16H24N4O.